The quantitative estimate of drug-likeness (QED) is 0.360. The molecule has 0 fully saturated rings. The Labute approximate surface area is 164 Å². The summed E-state index contributed by atoms with van der Waals surface area (Å²) in [6, 6.07) is 3.82. The van der Waals surface area contributed by atoms with Gasteiger partial charge in [-0.25, -0.2) is 13.8 Å². The van der Waals surface area contributed by atoms with Crippen molar-refractivity contribution in [1.82, 2.24) is 4.98 Å². The van der Waals surface area contributed by atoms with Gasteiger partial charge in [0.25, 0.3) is 0 Å². The van der Waals surface area contributed by atoms with Gasteiger partial charge < -0.3 is 20.0 Å². The van der Waals surface area contributed by atoms with Crippen LogP contribution in [0.1, 0.15) is 17.7 Å². The lowest BCUT2D eigenvalue weighted by Gasteiger charge is -2.40. The Morgan fingerprint density at radius 1 is 1.03 bits per heavy atom. The minimum Gasteiger partial charge on any atom is -0.481 e. The molecule has 0 aliphatic carbocycles. The number of oxazole rings is 1. The van der Waals surface area contributed by atoms with Crippen LogP contribution in [0.3, 0.4) is 0 Å². The molecule has 0 amide bonds. The van der Waals surface area contributed by atoms with Crippen LogP contribution in [0.15, 0.2) is 52.0 Å². The summed E-state index contributed by atoms with van der Waals surface area (Å²) >= 11 is 0. The monoisotopic (exact) mass is 458 g/mol. The van der Waals surface area contributed by atoms with Crippen molar-refractivity contribution in [2.24, 2.45) is 5.73 Å². The van der Waals surface area contributed by atoms with Crippen LogP contribution in [0.2, 0.25) is 0 Å². The Morgan fingerprint density at radius 3 is 2.23 bits per heavy atom. The summed E-state index contributed by atoms with van der Waals surface area (Å²) in [4.78, 5) is 1.86. The van der Waals surface area contributed by atoms with Crippen molar-refractivity contribution in [2.75, 3.05) is 0 Å². The largest absolute Gasteiger partial charge is 0.481 e. The summed E-state index contributed by atoms with van der Waals surface area (Å²) in [6.45, 7) is -0.466. The first kappa shape index (κ1) is 21.9. The zero-order chi connectivity index (χ0) is 22.4. The molecule has 2 aromatic carbocycles. The van der Waals surface area contributed by atoms with Crippen LogP contribution in [0.4, 0.5) is 28.2 Å². The zero-order valence-electron chi connectivity index (χ0n) is 14.7. The Bertz CT molecular complexity index is 1080. The predicted octanol–water partition coefficient (Wildman–Crippen LogP) is 5.81. The van der Waals surface area contributed by atoms with E-state index in [4.69, 9.17) is 14.9 Å². The van der Waals surface area contributed by atoms with E-state index in [-0.39, 0.29) is 29.3 Å². The fourth-order valence-corrected chi connectivity index (χ4v) is 3.11. The van der Waals surface area contributed by atoms with Gasteiger partial charge in [-0.15, -0.1) is 0 Å². The number of aliphatic hydroxyl groups excluding tert-OH is 1. The third-order valence-electron chi connectivity index (χ3n) is 3.89. The highest BCUT2D eigenvalue weighted by molar-refractivity contribution is 8.45. The molecule has 0 bridgehead atoms. The third-order valence-corrected chi connectivity index (χ3v) is 5.05. The molecule has 13 heteroatoms. The number of nitrogens with zero attached hydrogens (tertiary/aromatic N) is 1. The van der Waals surface area contributed by atoms with Gasteiger partial charge in [-0.2, -0.15) is 0 Å². The van der Waals surface area contributed by atoms with E-state index in [1.54, 1.807) is 0 Å². The number of rotatable bonds is 6. The molecule has 3 N–H and O–H groups in total. The van der Waals surface area contributed by atoms with E-state index in [1.807, 2.05) is 0 Å². The van der Waals surface area contributed by atoms with Gasteiger partial charge in [0.2, 0.25) is 5.89 Å². The molecule has 1 heterocycles. The van der Waals surface area contributed by atoms with Crippen molar-refractivity contribution in [1.29, 1.82) is 0 Å². The van der Waals surface area contributed by atoms with Crippen molar-refractivity contribution in [3.8, 4) is 17.0 Å². The second-order valence-electron chi connectivity index (χ2n) is 6.13. The van der Waals surface area contributed by atoms with E-state index in [2.05, 4.69) is 4.98 Å². The molecule has 0 spiro atoms. The van der Waals surface area contributed by atoms with Crippen molar-refractivity contribution in [3.05, 3.63) is 65.7 Å². The van der Waals surface area contributed by atoms with Crippen LogP contribution < -0.4 is 10.5 Å². The first-order valence-corrected chi connectivity index (χ1v) is 9.94. The Hall–Kier alpha value is -2.77. The van der Waals surface area contributed by atoms with Crippen LogP contribution in [0, 0.1) is 11.6 Å². The van der Waals surface area contributed by atoms with Crippen molar-refractivity contribution < 1.29 is 42.5 Å². The van der Waals surface area contributed by atoms with Gasteiger partial charge in [-0.1, -0.05) is 31.6 Å². The molecule has 1 unspecified atom stereocenters. The predicted molar refractivity (Wildman–Crippen MR) is 93.2 cm³/mol. The third kappa shape index (κ3) is 4.68. The second kappa shape index (κ2) is 6.62. The number of hydrogen-bond donors (Lipinski definition) is 2. The first-order valence-electron chi connectivity index (χ1n) is 7.99. The molecule has 30 heavy (non-hydrogen) atoms. The van der Waals surface area contributed by atoms with Gasteiger partial charge in [-0.05, 0) is 24.3 Å². The van der Waals surface area contributed by atoms with Crippen molar-refractivity contribution in [2.45, 2.75) is 17.7 Å². The van der Waals surface area contributed by atoms with E-state index in [0.29, 0.717) is 0 Å². The van der Waals surface area contributed by atoms with Gasteiger partial charge in [0.15, 0.2) is 18.2 Å². The van der Waals surface area contributed by atoms with Gasteiger partial charge in [0.1, 0.15) is 28.9 Å². The Balaban J connectivity index is 1.76. The molecule has 0 saturated carbocycles. The molecule has 0 aliphatic heterocycles. The van der Waals surface area contributed by atoms with Crippen molar-refractivity contribution in [3.63, 3.8) is 0 Å². The minimum atomic E-state index is -9.79. The van der Waals surface area contributed by atoms with Crippen LogP contribution >= 0.6 is 10.2 Å². The number of halogens is 7. The average Bonchev–Trinajstić information content (AvgIpc) is 3.08. The van der Waals surface area contributed by atoms with Gasteiger partial charge in [0.05, 0.1) is 5.56 Å². The van der Waals surface area contributed by atoms with Crippen LogP contribution in [-0.4, -0.2) is 10.1 Å². The van der Waals surface area contributed by atoms with Gasteiger partial charge >= 0.3 is 10.2 Å². The molecule has 3 rings (SSSR count). The van der Waals surface area contributed by atoms with E-state index in [1.165, 1.54) is 0 Å². The van der Waals surface area contributed by atoms with Crippen LogP contribution in [-0.2, 0) is 6.61 Å². The standard InChI is InChI=1S/C17H13F7N2O3S/c18-11-5-6-13(16(19)15(11)17(25)27)28-8-14-26-12(7-29-14)9-1-3-10(4-2-9)30(20,21,22,23)24/h1-7,17,27H,8,25H2. The number of nitrogens with two attached hydrogens (primary N) is 1. The van der Waals surface area contributed by atoms with E-state index < -0.39 is 50.9 Å². The number of aromatic nitrogens is 1. The average molecular weight is 458 g/mol. The highest BCUT2D eigenvalue weighted by atomic mass is 32.5. The summed E-state index contributed by atoms with van der Waals surface area (Å²) in [5, 5.41) is 9.22. The lowest BCUT2D eigenvalue weighted by atomic mass is 10.1. The molecular formula is C17H13F7N2O3S. The number of hydrogen-bond acceptors (Lipinski definition) is 5. The highest BCUT2D eigenvalue weighted by Gasteiger charge is 2.65. The highest BCUT2D eigenvalue weighted by Crippen LogP contribution is 3.02. The molecule has 5 nitrogen and oxygen atoms in total. The maximum absolute atomic E-state index is 14.1. The maximum atomic E-state index is 14.1. The van der Waals surface area contributed by atoms with E-state index >= 15 is 0 Å². The maximum Gasteiger partial charge on any atom is 0.310 e. The summed E-state index contributed by atoms with van der Waals surface area (Å²) in [6.07, 6.45) is -0.889. The molecule has 0 saturated heterocycles. The lowest BCUT2D eigenvalue weighted by Crippen LogP contribution is -2.14. The number of ether oxygens (including phenoxy) is 1. The molecule has 3 aromatic rings. The topological polar surface area (TPSA) is 81.5 Å². The molecule has 1 aromatic heterocycles. The Morgan fingerprint density at radius 2 is 1.67 bits per heavy atom. The van der Waals surface area contributed by atoms with E-state index in [9.17, 15) is 33.3 Å². The lowest BCUT2D eigenvalue weighted by molar-refractivity contribution is 0.172. The smallest absolute Gasteiger partial charge is 0.310 e. The summed E-state index contributed by atoms with van der Waals surface area (Å²) in [7, 11) is -9.79. The summed E-state index contributed by atoms with van der Waals surface area (Å²) < 4.78 is 102. The molecule has 0 aliphatic rings. The normalized spacial score (nSPS) is 15.4. The second-order valence-corrected chi connectivity index (χ2v) is 8.54. The minimum absolute atomic E-state index is 0.0138. The fraction of sp³-hybridized carbons (Fsp3) is 0.118. The molecule has 0 radical (unpaired) electrons. The van der Waals surface area contributed by atoms with Gasteiger partial charge in [0, 0.05) is 5.56 Å². The van der Waals surface area contributed by atoms with Gasteiger partial charge in [-0.3, -0.25) is 0 Å². The number of benzene rings is 2. The number of aliphatic hydroxyl groups is 1. The zero-order valence-corrected chi connectivity index (χ0v) is 15.5. The molecular weight excluding hydrogens is 445 g/mol. The van der Waals surface area contributed by atoms with Crippen LogP contribution in [0.5, 0.6) is 5.75 Å². The van der Waals surface area contributed by atoms with Crippen molar-refractivity contribution >= 4 is 10.2 Å². The molecule has 164 valence electrons. The van der Waals surface area contributed by atoms with Crippen LogP contribution in [0.25, 0.3) is 11.3 Å². The first-order chi connectivity index (χ1) is 13.7. The molecule has 1 atom stereocenters. The Kier molecular flexibility index (Phi) is 4.84. The summed E-state index contributed by atoms with van der Waals surface area (Å²) in [5.74, 6) is -2.91. The summed E-state index contributed by atoms with van der Waals surface area (Å²) in [5.41, 5.74) is 4.35. The van der Waals surface area contributed by atoms with E-state index in [0.717, 1.165) is 30.5 Å². The fourth-order valence-electron chi connectivity index (χ4n) is 2.46. The SMILES string of the molecule is NC(O)c1c(F)ccc(OCc2nc(-c3ccc(S(F)(F)(F)(F)F)cc3)co2)c1F.